The van der Waals surface area contributed by atoms with Crippen LogP contribution in [0, 0.1) is 0 Å². The van der Waals surface area contributed by atoms with Crippen molar-refractivity contribution in [1.82, 2.24) is 10.3 Å². The number of pyridine rings is 1. The van der Waals surface area contributed by atoms with E-state index in [0.29, 0.717) is 24.7 Å². The van der Waals surface area contributed by atoms with Gasteiger partial charge in [-0.15, -0.1) is 0 Å². The molecule has 0 aliphatic carbocycles. The molecule has 0 spiro atoms. The van der Waals surface area contributed by atoms with Crippen molar-refractivity contribution in [2.45, 2.75) is 44.6 Å². The summed E-state index contributed by atoms with van der Waals surface area (Å²) in [5.74, 6) is 0.302. The highest BCUT2D eigenvalue weighted by Gasteiger charge is 2.14. The van der Waals surface area contributed by atoms with Crippen LogP contribution >= 0.6 is 0 Å². The van der Waals surface area contributed by atoms with Crippen molar-refractivity contribution >= 4 is 5.78 Å². The number of hydrogen-bond acceptors (Lipinski definition) is 3. The number of aromatic nitrogens is 1. The Balaban J connectivity index is 1.70. The van der Waals surface area contributed by atoms with Gasteiger partial charge in [-0.3, -0.25) is 9.78 Å². The molecular weight excluding hydrogens is 212 g/mol. The lowest BCUT2D eigenvalue weighted by Crippen LogP contribution is -2.34. The molecule has 1 aliphatic rings. The second-order valence-corrected chi connectivity index (χ2v) is 4.72. The number of hydrogen-bond donors (Lipinski definition) is 1. The minimum Gasteiger partial charge on any atom is -0.314 e. The molecular formula is C14H20N2O. The molecule has 0 saturated carbocycles. The molecule has 3 heteroatoms. The first-order chi connectivity index (χ1) is 8.34. The Kier molecular flexibility index (Phi) is 4.68. The van der Waals surface area contributed by atoms with Gasteiger partial charge in [-0.05, 0) is 37.9 Å². The molecule has 92 valence electrons. The van der Waals surface area contributed by atoms with Crippen LogP contribution in [0.2, 0.25) is 0 Å². The first kappa shape index (κ1) is 12.2. The van der Waals surface area contributed by atoms with Gasteiger partial charge in [-0.1, -0.05) is 12.5 Å². The highest BCUT2D eigenvalue weighted by atomic mass is 16.1. The smallest absolute Gasteiger partial charge is 0.138 e. The lowest BCUT2D eigenvalue weighted by atomic mass is 9.98. The summed E-state index contributed by atoms with van der Waals surface area (Å²) in [6, 6.07) is 6.27. The van der Waals surface area contributed by atoms with Crippen LogP contribution in [0.1, 0.15) is 37.8 Å². The quantitative estimate of drug-likeness (QED) is 0.845. The summed E-state index contributed by atoms with van der Waals surface area (Å²) < 4.78 is 0. The van der Waals surface area contributed by atoms with Gasteiger partial charge in [-0.2, -0.15) is 0 Å². The molecule has 2 rings (SSSR count). The molecule has 1 aromatic rings. The number of rotatable bonds is 5. The molecule has 3 nitrogen and oxygen atoms in total. The summed E-state index contributed by atoms with van der Waals surface area (Å²) in [5.41, 5.74) is 0.883. The molecule has 0 radical (unpaired) electrons. The Morgan fingerprint density at radius 3 is 3.06 bits per heavy atom. The van der Waals surface area contributed by atoms with E-state index in [9.17, 15) is 4.79 Å². The van der Waals surface area contributed by atoms with Crippen molar-refractivity contribution in [1.29, 1.82) is 0 Å². The van der Waals surface area contributed by atoms with E-state index in [-0.39, 0.29) is 0 Å². The maximum Gasteiger partial charge on any atom is 0.138 e. The molecule has 1 unspecified atom stereocenters. The van der Waals surface area contributed by atoms with Crippen molar-refractivity contribution in [3.8, 4) is 0 Å². The molecule has 1 atom stereocenters. The van der Waals surface area contributed by atoms with Crippen LogP contribution in [0.3, 0.4) is 0 Å². The van der Waals surface area contributed by atoms with Crippen LogP contribution in [-0.2, 0) is 11.2 Å². The number of Topliss-reactive ketones (excluding diaryl/α,β-unsaturated/α-hetero) is 1. The fourth-order valence-corrected chi connectivity index (χ4v) is 2.30. The van der Waals surface area contributed by atoms with Crippen molar-refractivity contribution in [2.24, 2.45) is 0 Å². The van der Waals surface area contributed by atoms with Crippen molar-refractivity contribution in [3.05, 3.63) is 30.1 Å². The Hall–Kier alpha value is -1.22. The van der Waals surface area contributed by atoms with Crippen LogP contribution in [0.25, 0.3) is 0 Å². The van der Waals surface area contributed by atoms with E-state index in [2.05, 4.69) is 10.3 Å². The highest BCUT2D eigenvalue weighted by Crippen LogP contribution is 2.12. The second kappa shape index (κ2) is 6.50. The summed E-state index contributed by atoms with van der Waals surface area (Å²) in [6.07, 6.45) is 7.67. The van der Waals surface area contributed by atoms with Gasteiger partial charge >= 0.3 is 0 Å². The number of carbonyl (C=O) groups excluding carboxylic acids is 1. The third kappa shape index (κ3) is 4.27. The van der Waals surface area contributed by atoms with E-state index in [1.807, 2.05) is 18.2 Å². The fourth-order valence-electron chi connectivity index (χ4n) is 2.30. The molecule has 1 saturated heterocycles. The average molecular weight is 232 g/mol. The summed E-state index contributed by atoms with van der Waals surface area (Å²) in [6.45, 7) is 1.11. The number of nitrogens with one attached hydrogen (secondary N) is 1. The Bertz CT molecular complexity index is 344. The standard InChI is InChI=1S/C14H20N2O/c17-14(11-13-6-2-4-10-16-13)8-7-12-5-1-3-9-15-12/h2,4,6,10,12,15H,1,3,5,7-9,11H2. The molecule has 17 heavy (non-hydrogen) atoms. The summed E-state index contributed by atoms with van der Waals surface area (Å²) in [7, 11) is 0. The first-order valence-electron chi connectivity index (χ1n) is 6.49. The molecule has 0 bridgehead atoms. The lowest BCUT2D eigenvalue weighted by Gasteiger charge is -2.22. The predicted octanol–water partition coefficient (Wildman–Crippen LogP) is 2.12. The summed E-state index contributed by atoms with van der Waals surface area (Å²) in [4.78, 5) is 16.0. The van der Waals surface area contributed by atoms with Gasteiger partial charge < -0.3 is 5.32 Å². The van der Waals surface area contributed by atoms with Gasteiger partial charge in [0.2, 0.25) is 0 Å². The number of nitrogens with zero attached hydrogens (tertiary/aromatic N) is 1. The second-order valence-electron chi connectivity index (χ2n) is 4.72. The minimum atomic E-state index is 0.302. The summed E-state index contributed by atoms with van der Waals surface area (Å²) >= 11 is 0. The van der Waals surface area contributed by atoms with Crippen molar-refractivity contribution < 1.29 is 4.79 Å². The van der Waals surface area contributed by atoms with Crippen LogP contribution in [0.5, 0.6) is 0 Å². The molecule has 1 N–H and O–H groups in total. The van der Waals surface area contributed by atoms with Crippen LogP contribution in [-0.4, -0.2) is 23.4 Å². The van der Waals surface area contributed by atoms with Gasteiger partial charge in [0.1, 0.15) is 5.78 Å². The van der Waals surface area contributed by atoms with E-state index in [1.165, 1.54) is 19.3 Å². The zero-order chi connectivity index (χ0) is 11.9. The Morgan fingerprint density at radius 1 is 1.41 bits per heavy atom. The predicted molar refractivity (Wildman–Crippen MR) is 67.8 cm³/mol. The lowest BCUT2D eigenvalue weighted by molar-refractivity contribution is -0.118. The number of piperidine rings is 1. The van der Waals surface area contributed by atoms with Crippen molar-refractivity contribution in [2.75, 3.05) is 6.54 Å². The molecule has 1 aliphatic heterocycles. The SMILES string of the molecule is O=C(CCC1CCCCN1)Cc1ccccn1. The van der Waals surface area contributed by atoms with Crippen LogP contribution in [0.15, 0.2) is 24.4 Å². The minimum absolute atomic E-state index is 0.302. The maximum absolute atomic E-state index is 11.8. The Morgan fingerprint density at radius 2 is 2.35 bits per heavy atom. The van der Waals surface area contributed by atoms with E-state index in [1.54, 1.807) is 6.20 Å². The van der Waals surface area contributed by atoms with Crippen LogP contribution in [0.4, 0.5) is 0 Å². The monoisotopic (exact) mass is 232 g/mol. The normalized spacial score (nSPS) is 20.1. The largest absolute Gasteiger partial charge is 0.314 e. The highest BCUT2D eigenvalue weighted by molar-refractivity contribution is 5.80. The number of ketones is 1. The zero-order valence-corrected chi connectivity index (χ0v) is 10.2. The number of carbonyl (C=O) groups is 1. The van der Waals surface area contributed by atoms with Gasteiger partial charge in [0.05, 0.1) is 0 Å². The van der Waals surface area contributed by atoms with Gasteiger partial charge in [0.25, 0.3) is 0 Å². The first-order valence-corrected chi connectivity index (χ1v) is 6.49. The van der Waals surface area contributed by atoms with E-state index in [4.69, 9.17) is 0 Å². The van der Waals surface area contributed by atoms with E-state index >= 15 is 0 Å². The molecule has 0 amide bonds. The third-order valence-corrected chi connectivity index (χ3v) is 3.29. The summed E-state index contributed by atoms with van der Waals surface area (Å²) in [5, 5.41) is 3.47. The maximum atomic E-state index is 11.8. The van der Waals surface area contributed by atoms with Crippen molar-refractivity contribution in [3.63, 3.8) is 0 Å². The Labute approximate surface area is 103 Å². The fraction of sp³-hybridized carbons (Fsp3) is 0.571. The van der Waals surface area contributed by atoms with Gasteiger partial charge in [0.15, 0.2) is 0 Å². The molecule has 2 heterocycles. The topological polar surface area (TPSA) is 42.0 Å². The molecule has 1 aromatic heterocycles. The van der Waals surface area contributed by atoms with Gasteiger partial charge in [-0.25, -0.2) is 0 Å². The molecule has 0 aromatic carbocycles. The van der Waals surface area contributed by atoms with Crippen LogP contribution < -0.4 is 5.32 Å². The average Bonchev–Trinajstić information content (AvgIpc) is 2.39. The molecule has 1 fully saturated rings. The van der Waals surface area contributed by atoms with Gasteiger partial charge in [0, 0.05) is 30.8 Å². The third-order valence-electron chi connectivity index (χ3n) is 3.29. The van der Waals surface area contributed by atoms with E-state index in [0.717, 1.165) is 18.7 Å². The van der Waals surface area contributed by atoms with E-state index < -0.39 is 0 Å². The zero-order valence-electron chi connectivity index (χ0n) is 10.2.